The molecule has 21 heavy (non-hydrogen) atoms. The van der Waals surface area contributed by atoms with Crippen LogP contribution in [0.4, 0.5) is 5.69 Å². The van der Waals surface area contributed by atoms with Crippen LogP contribution in [0, 0.1) is 0 Å². The van der Waals surface area contributed by atoms with Gasteiger partial charge in [-0.2, -0.15) is 0 Å². The number of rotatable bonds is 3. The highest BCUT2D eigenvalue weighted by Crippen LogP contribution is 2.46. The molecule has 1 aliphatic rings. The summed E-state index contributed by atoms with van der Waals surface area (Å²) in [4.78, 5) is 24.2. The summed E-state index contributed by atoms with van der Waals surface area (Å²) in [5, 5.41) is 3.32. The second-order valence-corrected chi connectivity index (χ2v) is 5.49. The summed E-state index contributed by atoms with van der Waals surface area (Å²) in [6.45, 7) is 0. The van der Waals surface area contributed by atoms with E-state index < -0.39 is 11.3 Å². The van der Waals surface area contributed by atoms with Crippen molar-refractivity contribution in [2.75, 3.05) is 5.32 Å². The van der Waals surface area contributed by atoms with Crippen molar-refractivity contribution in [3.63, 3.8) is 0 Å². The molecule has 0 aromatic heterocycles. The standard InChI is InChI=1S/C16H13ClN2O2/c17-11-6-7-13-12(8-11)16(9-14(18)20,15(21)19-13)10-4-2-1-3-5-10/h1-8H,9H2,(H2,18,20)(H,19,21). The number of benzene rings is 2. The molecule has 2 aromatic rings. The highest BCUT2D eigenvalue weighted by Gasteiger charge is 2.49. The van der Waals surface area contributed by atoms with Gasteiger partial charge in [-0.1, -0.05) is 41.9 Å². The molecule has 5 heteroatoms. The van der Waals surface area contributed by atoms with Gasteiger partial charge < -0.3 is 11.1 Å². The lowest BCUT2D eigenvalue weighted by Crippen LogP contribution is -2.39. The van der Waals surface area contributed by atoms with Gasteiger partial charge in [0.25, 0.3) is 0 Å². The Bertz CT molecular complexity index is 730. The second-order valence-electron chi connectivity index (χ2n) is 5.06. The maximum atomic E-state index is 12.6. The molecule has 0 aliphatic carbocycles. The van der Waals surface area contributed by atoms with Crippen LogP contribution in [0.25, 0.3) is 0 Å². The highest BCUT2D eigenvalue weighted by molar-refractivity contribution is 6.31. The van der Waals surface area contributed by atoms with E-state index in [1.54, 1.807) is 18.2 Å². The van der Waals surface area contributed by atoms with Crippen LogP contribution < -0.4 is 11.1 Å². The van der Waals surface area contributed by atoms with Crippen LogP contribution >= 0.6 is 11.6 Å². The molecule has 0 saturated heterocycles. The molecule has 1 unspecified atom stereocenters. The van der Waals surface area contributed by atoms with Gasteiger partial charge in [-0.15, -0.1) is 0 Å². The fourth-order valence-corrected chi connectivity index (χ4v) is 3.05. The van der Waals surface area contributed by atoms with E-state index in [4.69, 9.17) is 17.3 Å². The van der Waals surface area contributed by atoms with E-state index >= 15 is 0 Å². The van der Waals surface area contributed by atoms with Crippen molar-refractivity contribution in [1.29, 1.82) is 0 Å². The van der Waals surface area contributed by atoms with Gasteiger partial charge in [-0.3, -0.25) is 9.59 Å². The van der Waals surface area contributed by atoms with Crippen LogP contribution in [0.5, 0.6) is 0 Å². The Morgan fingerprint density at radius 3 is 2.57 bits per heavy atom. The van der Waals surface area contributed by atoms with E-state index in [0.29, 0.717) is 16.3 Å². The number of nitrogens with two attached hydrogens (primary N) is 1. The molecule has 0 fully saturated rings. The van der Waals surface area contributed by atoms with Crippen molar-refractivity contribution in [1.82, 2.24) is 0 Å². The predicted molar refractivity (Wildman–Crippen MR) is 81.1 cm³/mol. The molecule has 106 valence electrons. The van der Waals surface area contributed by atoms with Crippen molar-refractivity contribution in [2.45, 2.75) is 11.8 Å². The van der Waals surface area contributed by atoms with E-state index in [0.717, 1.165) is 5.56 Å². The zero-order chi connectivity index (χ0) is 15.0. The molecule has 0 radical (unpaired) electrons. The van der Waals surface area contributed by atoms with Gasteiger partial charge in [0.2, 0.25) is 11.8 Å². The molecule has 3 N–H and O–H groups in total. The smallest absolute Gasteiger partial charge is 0.240 e. The summed E-state index contributed by atoms with van der Waals surface area (Å²) in [6, 6.07) is 14.3. The number of amides is 2. The molecule has 3 rings (SSSR count). The van der Waals surface area contributed by atoms with Crippen LogP contribution in [0.1, 0.15) is 17.5 Å². The minimum absolute atomic E-state index is 0.101. The highest BCUT2D eigenvalue weighted by atomic mass is 35.5. The first kappa shape index (κ1) is 13.6. The van der Waals surface area contributed by atoms with Crippen molar-refractivity contribution in [3.8, 4) is 0 Å². The number of halogens is 1. The lowest BCUT2D eigenvalue weighted by molar-refractivity contribution is -0.125. The Labute approximate surface area is 126 Å². The number of anilines is 1. The third-order valence-electron chi connectivity index (χ3n) is 3.78. The normalized spacial score (nSPS) is 20.0. The maximum absolute atomic E-state index is 12.6. The van der Waals surface area contributed by atoms with Crippen LogP contribution in [0.2, 0.25) is 5.02 Å². The summed E-state index contributed by atoms with van der Waals surface area (Å²) in [5.74, 6) is -0.799. The van der Waals surface area contributed by atoms with Crippen LogP contribution in [0.3, 0.4) is 0 Å². The van der Waals surface area contributed by atoms with E-state index in [2.05, 4.69) is 5.32 Å². The fourth-order valence-electron chi connectivity index (χ4n) is 2.88. The number of nitrogens with one attached hydrogen (secondary N) is 1. The zero-order valence-electron chi connectivity index (χ0n) is 11.1. The zero-order valence-corrected chi connectivity index (χ0v) is 11.9. The number of carbonyl (C=O) groups excluding carboxylic acids is 2. The van der Waals surface area contributed by atoms with Crippen LogP contribution in [-0.2, 0) is 15.0 Å². The average molecular weight is 301 g/mol. The third-order valence-corrected chi connectivity index (χ3v) is 4.02. The van der Waals surface area contributed by atoms with Crippen LogP contribution in [0.15, 0.2) is 48.5 Å². The van der Waals surface area contributed by atoms with Gasteiger partial charge in [-0.25, -0.2) is 0 Å². The van der Waals surface area contributed by atoms with E-state index in [9.17, 15) is 9.59 Å². The van der Waals surface area contributed by atoms with E-state index in [1.807, 2.05) is 30.3 Å². The molecule has 2 aromatic carbocycles. The van der Waals surface area contributed by atoms with Gasteiger partial charge in [-0.05, 0) is 29.3 Å². The lowest BCUT2D eigenvalue weighted by Gasteiger charge is -2.26. The SMILES string of the molecule is NC(=O)CC1(c2ccccc2)C(=O)Nc2ccc(Cl)cc21. The maximum Gasteiger partial charge on any atom is 0.240 e. The largest absolute Gasteiger partial charge is 0.370 e. The molecule has 1 heterocycles. The summed E-state index contributed by atoms with van der Waals surface area (Å²) >= 11 is 6.07. The fraction of sp³-hybridized carbons (Fsp3) is 0.125. The van der Waals surface area contributed by atoms with Crippen molar-refractivity contribution >= 4 is 29.1 Å². The number of fused-ring (bicyclic) bond motifs is 1. The van der Waals surface area contributed by atoms with Gasteiger partial charge >= 0.3 is 0 Å². The van der Waals surface area contributed by atoms with E-state index in [-0.39, 0.29) is 12.3 Å². The Kier molecular flexibility index (Phi) is 3.18. The Morgan fingerprint density at radius 2 is 1.90 bits per heavy atom. The predicted octanol–water partition coefficient (Wildman–Crippen LogP) is 2.45. The summed E-state index contributed by atoms with van der Waals surface area (Å²) < 4.78 is 0. The molecule has 1 atom stereocenters. The summed E-state index contributed by atoms with van der Waals surface area (Å²) in [6.07, 6.45) is -0.101. The Balaban J connectivity index is 2.29. The van der Waals surface area contributed by atoms with E-state index in [1.165, 1.54) is 0 Å². The molecular formula is C16H13ClN2O2. The van der Waals surface area contributed by atoms with Crippen molar-refractivity contribution in [3.05, 3.63) is 64.7 Å². The number of carbonyl (C=O) groups is 2. The first-order valence-electron chi connectivity index (χ1n) is 6.49. The molecule has 0 saturated carbocycles. The Morgan fingerprint density at radius 1 is 1.19 bits per heavy atom. The molecule has 4 nitrogen and oxygen atoms in total. The first-order valence-corrected chi connectivity index (χ1v) is 6.87. The second kappa shape index (κ2) is 4.90. The molecular weight excluding hydrogens is 288 g/mol. The molecule has 0 spiro atoms. The van der Waals surface area contributed by atoms with Gasteiger partial charge in [0, 0.05) is 17.1 Å². The quantitative estimate of drug-likeness (QED) is 0.914. The van der Waals surface area contributed by atoms with Crippen LogP contribution in [-0.4, -0.2) is 11.8 Å². The molecule has 1 aliphatic heterocycles. The van der Waals surface area contributed by atoms with Gasteiger partial charge in [0.05, 0.1) is 0 Å². The number of primary amides is 1. The topological polar surface area (TPSA) is 72.2 Å². The van der Waals surface area contributed by atoms with Gasteiger partial charge in [0.15, 0.2) is 0 Å². The first-order chi connectivity index (χ1) is 10.0. The van der Waals surface area contributed by atoms with Crippen molar-refractivity contribution < 1.29 is 9.59 Å². The molecule has 2 amide bonds. The minimum Gasteiger partial charge on any atom is -0.370 e. The van der Waals surface area contributed by atoms with Gasteiger partial charge in [0.1, 0.15) is 5.41 Å². The molecule has 0 bridgehead atoms. The minimum atomic E-state index is -1.12. The monoisotopic (exact) mass is 300 g/mol. The number of hydrogen-bond donors (Lipinski definition) is 2. The summed E-state index contributed by atoms with van der Waals surface area (Å²) in [7, 11) is 0. The average Bonchev–Trinajstić information content (AvgIpc) is 2.73. The third kappa shape index (κ3) is 2.08. The Hall–Kier alpha value is -2.33. The lowest BCUT2D eigenvalue weighted by atomic mass is 9.72. The number of hydrogen-bond acceptors (Lipinski definition) is 2. The summed E-state index contributed by atoms with van der Waals surface area (Å²) in [5.41, 5.74) is 6.35. The van der Waals surface area contributed by atoms with Crippen molar-refractivity contribution in [2.24, 2.45) is 5.73 Å².